The summed E-state index contributed by atoms with van der Waals surface area (Å²) >= 11 is 0. The monoisotopic (exact) mass is 502 g/mol. The number of hydrogen-bond acceptors (Lipinski definition) is 10. The van der Waals surface area contributed by atoms with Crippen LogP contribution >= 0.6 is 7.75 Å². The van der Waals surface area contributed by atoms with Gasteiger partial charge in [0.15, 0.2) is 11.2 Å². The number of nitrogen functional groups attached to an aromatic ring is 1. The molecule has 2 aromatic heterocycles. The summed E-state index contributed by atoms with van der Waals surface area (Å²) in [7, 11) is -1.16. The lowest BCUT2D eigenvalue weighted by Crippen LogP contribution is -2.34. The zero-order valence-electron chi connectivity index (χ0n) is 19.5. The van der Waals surface area contributed by atoms with Gasteiger partial charge in [0.1, 0.15) is 11.8 Å². The molecule has 2 heterocycles. The average Bonchev–Trinajstić information content (AvgIpc) is 3.49. The molecule has 186 valence electrons. The van der Waals surface area contributed by atoms with Crippen LogP contribution < -0.4 is 20.1 Å². The number of ether oxygens (including phenoxy) is 2. The quantitative estimate of drug-likeness (QED) is 0.239. The molecule has 4 rings (SSSR count). The first-order valence-corrected chi connectivity index (χ1v) is 12.4. The predicted octanol–water partition coefficient (Wildman–Crippen LogP) is 2.89. The minimum absolute atomic E-state index is 0.0796. The van der Waals surface area contributed by atoms with Crippen molar-refractivity contribution in [3.63, 3.8) is 0 Å². The van der Waals surface area contributed by atoms with Crippen LogP contribution in [0.25, 0.3) is 11.2 Å². The Labute approximate surface area is 202 Å². The molecular formula is C22H27N6O6P. The minimum Gasteiger partial charge on any atom is -0.479 e. The largest absolute Gasteiger partial charge is 0.479 e. The maximum atomic E-state index is 13.5. The molecule has 0 fully saturated rings. The van der Waals surface area contributed by atoms with Crippen LogP contribution in [0.15, 0.2) is 48.8 Å². The van der Waals surface area contributed by atoms with Gasteiger partial charge in [-0.1, -0.05) is 30.4 Å². The van der Waals surface area contributed by atoms with E-state index in [2.05, 4.69) is 20.0 Å². The summed E-state index contributed by atoms with van der Waals surface area (Å²) in [5.41, 5.74) is 6.88. The molecule has 1 aliphatic carbocycles. The van der Waals surface area contributed by atoms with Crippen molar-refractivity contribution in [1.29, 1.82) is 0 Å². The Balaban J connectivity index is 1.46. The zero-order chi connectivity index (χ0) is 25.0. The molecule has 0 saturated heterocycles. The highest BCUT2D eigenvalue weighted by molar-refractivity contribution is 7.52. The number of allylic oxidation sites excluding steroid dienone is 1. The minimum atomic E-state index is -3.91. The molecule has 0 saturated carbocycles. The number of esters is 1. The van der Waals surface area contributed by atoms with Crippen LogP contribution in [0.4, 0.5) is 5.95 Å². The van der Waals surface area contributed by atoms with Crippen molar-refractivity contribution in [3.05, 3.63) is 48.8 Å². The number of fused-ring (bicyclic) bond motifs is 1. The first-order valence-electron chi connectivity index (χ1n) is 10.9. The van der Waals surface area contributed by atoms with Crippen molar-refractivity contribution in [2.24, 2.45) is 5.92 Å². The van der Waals surface area contributed by atoms with E-state index in [1.54, 1.807) is 36.7 Å². The summed E-state index contributed by atoms with van der Waals surface area (Å²) in [6.45, 7) is 1.61. The van der Waals surface area contributed by atoms with E-state index in [4.69, 9.17) is 24.3 Å². The van der Waals surface area contributed by atoms with Gasteiger partial charge >= 0.3 is 13.7 Å². The van der Waals surface area contributed by atoms with Crippen LogP contribution in [0.5, 0.6) is 11.6 Å². The molecule has 12 nitrogen and oxygen atoms in total. The van der Waals surface area contributed by atoms with Crippen molar-refractivity contribution < 1.29 is 27.9 Å². The fraction of sp³-hybridized carbons (Fsp3) is 0.364. The van der Waals surface area contributed by atoms with Crippen molar-refractivity contribution >= 4 is 30.8 Å². The van der Waals surface area contributed by atoms with Gasteiger partial charge in [0.25, 0.3) is 0 Å². The third-order valence-electron chi connectivity index (χ3n) is 5.44. The second-order valence-electron chi connectivity index (χ2n) is 7.93. The van der Waals surface area contributed by atoms with E-state index in [1.807, 2.05) is 16.7 Å². The molecule has 3 aromatic rings. The number of carbonyl (C=O) groups is 1. The number of hydrogen-bond donors (Lipinski definition) is 2. The van der Waals surface area contributed by atoms with E-state index in [1.165, 1.54) is 21.1 Å². The zero-order valence-corrected chi connectivity index (χ0v) is 20.4. The number of nitrogens with two attached hydrogens (primary N) is 1. The predicted molar refractivity (Wildman–Crippen MR) is 128 cm³/mol. The Morgan fingerprint density at radius 1 is 1.26 bits per heavy atom. The fourth-order valence-electron chi connectivity index (χ4n) is 3.74. The van der Waals surface area contributed by atoms with E-state index in [0.29, 0.717) is 29.2 Å². The van der Waals surface area contributed by atoms with E-state index in [-0.39, 0.29) is 24.5 Å². The van der Waals surface area contributed by atoms with Gasteiger partial charge in [-0.15, -0.1) is 0 Å². The second kappa shape index (κ2) is 10.4. The van der Waals surface area contributed by atoms with Gasteiger partial charge in [0.05, 0.1) is 33.2 Å². The first kappa shape index (κ1) is 24.6. The fourth-order valence-corrected chi connectivity index (χ4v) is 5.29. The summed E-state index contributed by atoms with van der Waals surface area (Å²) in [4.78, 5) is 24.6. The summed E-state index contributed by atoms with van der Waals surface area (Å²) in [6.07, 6.45) is 6.25. The second-order valence-corrected chi connectivity index (χ2v) is 9.63. The Morgan fingerprint density at radius 3 is 2.74 bits per heavy atom. The standard InChI is InChI=1S/C22H27N6O6P/c1-14(21(29)32-3)27-35(30,34-17-7-5-4-6-8-17)33-12-15-9-10-16(11-15)28-13-24-18-19(28)25-22(23)26-20(18)31-2/h4-10,13-16H,11-12H2,1-3H3,(H,27,30)(H2,23,25,26)/t14?,15-,16+,35?/m1/s1. The molecule has 1 aromatic carbocycles. The first-order chi connectivity index (χ1) is 16.8. The maximum Gasteiger partial charge on any atom is 0.459 e. The molecule has 0 aliphatic heterocycles. The van der Waals surface area contributed by atoms with Gasteiger partial charge in [-0.05, 0) is 25.5 Å². The van der Waals surface area contributed by atoms with E-state index < -0.39 is 19.8 Å². The number of imidazole rings is 1. The molecule has 0 radical (unpaired) electrons. The summed E-state index contributed by atoms with van der Waals surface area (Å²) in [6, 6.07) is 7.61. The van der Waals surface area contributed by atoms with Crippen molar-refractivity contribution in [2.75, 3.05) is 26.6 Å². The van der Waals surface area contributed by atoms with Crippen LogP contribution in [-0.2, 0) is 18.6 Å². The molecule has 3 N–H and O–H groups in total. The third-order valence-corrected chi connectivity index (χ3v) is 7.08. The van der Waals surface area contributed by atoms with Gasteiger partial charge in [0.2, 0.25) is 11.8 Å². The lowest BCUT2D eigenvalue weighted by molar-refractivity contribution is -0.142. The summed E-state index contributed by atoms with van der Waals surface area (Å²) in [5.74, 6) is 0.0634. The number of nitrogens with zero attached hydrogens (tertiary/aromatic N) is 4. The van der Waals surface area contributed by atoms with E-state index >= 15 is 0 Å². The number of anilines is 1. The molecular weight excluding hydrogens is 475 g/mol. The third kappa shape index (κ3) is 5.61. The van der Waals surface area contributed by atoms with Crippen LogP contribution in [-0.4, -0.2) is 52.4 Å². The topological polar surface area (TPSA) is 153 Å². The summed E-state index contributed by atoms with van der Waals surface area (Å²) < 4.78 is 36.8. The summed E-state index contributed by atoms with van der Waals surface area (Å²) in [5, 5.41) is 2.65. The van der Waals surface area contributed by atoms with Crippen molar-refractivity contribution in [2.45, 2.75) is 25.4 Å². The molecule has 13 heteroatoms. The Morgan fingerprint density at radius 2 is 2.03 bits per heavy atom. The van der Waals surface area contributed by atoms with Gasteiger partial charge in [-0.25, -0.2) is 9.55 Å². The van der Waals surface area contributed by atoms with Crippen LogP contribution in [0.2, 0.25) is 0 Å². The van der Waals surface area contributed by atoms with Crippen molar-refractivity contribution in [3.8, 4) is 11.6 Å². The normalized spacial score (nSPS) is 19.9. The molecule has 0 amide bonds. The molecule has 0 bridgehead atoms. The number of nitrogens with one attached hydrogen (secondary N) is 1. The van der Waals surface area contributed by atoms with E-state index in [0.717, 1.165) is 0 Å². The lowest BCUT2D eigenvalue weighted by Gasteiger charge is -2.23. The van der Waals surface area contributed by atoms with Crippen LogP contribution in [0.3, 0.4) is 0 Å². The van der Waals surface area contributed by atoms with Gasteiger partial charge in [-0.3, -0.25) is 9.32 Å². The number of carbonyl (C=O) groups excluding carboxylic acids is 1. The van der Waals surface area contributed by atoms with Gasteiger partial charge in [0, 0.05) is 5.92 Å². The molecule has 2 unspecified atom stereocenters. The van der Waals surface area contributed by atoms with Gasteiger partial charge < -0.3 is 24.3 Å². The lowest BCUT2D eigenvalue weighted by atomic mass is 10.1. The molecule has 0 spiro atoms. The highest BCUT2D eigenvalue weighted by Gasteiger charge is 2.34. The number of methoxy groups -OCH3 is 2. The number of para-hydroxylation sites is 1. The Bertz CT molecular complexity index is 1270. The Hall–Kier alpha value is -3.47. The highest BCUT2D eigenvalue weighted by Crippen LogP contribution is 2.46. The Kier molecular flexibility index (Phi) is 7.34. The smallest absolute Gasteiger partial charge is 0.459 e. The molecule has 1 aliphatic rings. The van der Waals surface area contributed by atoms with Crippen molar-refractivity contribution in [1.82, 2.24) is 24.6 Å². The maximum absolute atomic E-state index is 13.5. The van der Waals surface area contributed by atoms with E-state index in [9.17, 15) is 9.36 Å². The number of rotatable bonds is 10. The SMILES string of the molecule is COC(=O)C(C)NP(=O)(OC[C@@H]1C=C[C@H](n2cnc3c(OC)nc(N)nc32)C1)Oc1ccccc1. The number of aromatic nitrogens is 4. The number of benzene rings is 1. The molecule has 35 heavy (non-hydrogen) atoms. The van der Waals surface area contributed by atoms with Gasteiger partial charge in [-0.2, -0.15) is 15.1 Å². The highest BCUT2D eigenvalue weighted by atomic mass is 31.2. The van der Waals surface area contributed by atoms with Crippen LogP contribution in [0, 0.1) is 5.92 Å². The molecule has 4 atom stereocenters. The average molecular weight is 502 g/mol. The van der Waals surface area contributed by atoms with Crippen LogP contribution in [0.1, 0.15) is 19.4 Å².